The Morgan fingerprint density at radius 2 is 2.00 bits per heavy atom. The van der Waals surface area contributed by atoms with Crippen molar-refractivity contribution in [1.29, 1.82) is 0 Å². The lowest BCUT2D eigenvalue weighted by molar-refractivity contribution is 0.309. The molecule has 0 unspecified atom stereocenters. The van der Waals surface area contributed by atoms with Gasteiger partial charge < -0.3 is 10.1 Å². The maximum absolute atomic E-state index is 5.64. The van der Waals surface area contributed by atoms with Gasteiger partial charge in [-0.1, -0.05) is 19.4 Å². The van der Waals surface area contributed by atoms with E-state index in [1.807, 2.05) is 23.5 Å². The Kier molecular flexibility index (Phi) is 5.76. The predicted octanol–water partition coefficient (Wildman–Crippen LogP) is 4.58. The Labute approximate surface area is 119 Å². The fourth-order valence-electron chi connectivity index (χ4n) is 1.79. The molecule has 0 radical (unpaired) electrons. The highest BCUT2D eigenvalue weighted by Crippen LogP contribution is 2.16. The number of thiophene rings is 1. The molecule has 1 heterocycles. The van der Waals surface area contributed by atoms with Crippen molar-refractivity contribution in [2.75, 3.05) is 18.5 Å². The molecule has 0 aliphatic rings. The van der Waals surface area contributed by atoms with E-state index >= 15 is 0 Å². The van der Waals surface area contributed by atoms with E-state index in [2.05, 4.69) is 41.9 Å². The molecule has 1 aromatic heterocycles. The third-order valence-electron chi connectivity index (χ3n) is 2.90. The van der Waals surface area contributed by atoms with E-state index in [9.17, 15) is 0 Å². The van der Waals surface area contributed by atoms with Crippen LogP contribution in [0.5, 0.6) is 5.75 Å². The van der Waals surface area contributed by atoms with Crippen molar-refractivity contribution in [1.82, 2.24) is 0 Å². The monoisotopic (exact) mass is 275 g/mol. The Morgan fingerprint density at radius 1 is 1.16 bits per heavy atom. The second-order valence-corrected chi connectivity index (χ2v) is 5.51. The number of unbranched alkanes of at least 4 members (excludes halogenated alkanes) is 1. The normalized spacial score (nSPS) is 10.4. The zero-order valence-electron chi connectivity index (χ0n) is 11.4. The van der Waals surface area contributed by atoms with Crippen LogP contribution in [0.3, 0.4) is 0 Å². The largest absolute Gasteiger partial charge is 0.494 e. The van der Waals surface area contributed by atoms with E-state index in [4.69, 9.17) is 4.74 Å². The maximum Gasteiger partial charge on any atom is 0.119 e. The van der Waals surface area contributed by atoms with Crippen LogP contribution in [0.4, 0.5) is 5.69 Å². The predicted molar refractivity (Wildman–Crippen MR) is 83.4 cm³/mol. The minimum atomic E-state index is 0.807. The molecule has 102 valence electrons. The molecule has 2 nitrogen and oxygen atoms in total. The van der Waals surface area contributed by atoms with E-state index in [1.165, 1.54) is 11.3 Å². The number of hydrogen-bond acceptors (Lipinski definition) is 3. The fourth-order valence-corrected chi connectivity index (χ4v) is 2.50. The van der Waals surface area contributed by atoms with E-state index in [1.54, 1.807) is 0 Å². The number of hydrogen-bond donors (Lipinski definition) is 1. The van der Waals surface area contributed by atoms with Crippen molar-refractivity contribution in [2.24, 2.45) is 0 Å². The van der Waals surface area contributed by atoms with E-state index in [0.29, 0.717) is 0 Å². The van der Waals surface area contributed by atoms with Crippen LogP contribution in [0, 0.1) is 0 Å². The summed E-state index contributed by atoms with van der Waals surface area (Å²) in [5.74, 6) is 0.956. The molecule has 0 amide bonds. The summed E-state index contributed by atoms with van der Waals surface area (Å²) in [6, 6.07) is 12.5. The molecule has 0 spiro atoms. The molecule has 3 heteroatoms. The Bertz CT molecular complexity index is 450. The van der Waals surface area contributed by atoms with E-state index in [-0.39, 0.29) is 0 Å². The maximum atomic E-state index is 5.64. The first-order valence-electron chi connectivity index (χ1n) is 6.87. The van der Waals surface area contributed by atoms with Gasteiger partial charge in [0.1, 0.15) is 5.75 Å². The number of ether oxygens (including phenoxy) is 1. The number of rotatable bonds is 8. The zero-order valence-corrected chi connectivity index (χ0v) is 12.2. The first-order valence-corrected chi connectivity index (χ1v) is 7.75. The second-order valence-electron chi connectivity index (χ2n) is 4.48. The molecule has 0 bridgehead atoms. The van der Waals surface area contributed by atoms with E-state index < -0.39 is 0 Å². The molecule has 0 saturated heterocycles. The fraction of sp³-hybridized carbons (Fsp3) is 0.375. The topological polar surface area (TPSA) is 21.3 Å². The van der Waals surface area contributed by atoms with Crippen molar-refractivity contribution in [3.63, 3.8) is 0 Å². The summed E-state index contributed by atoms with van der Waals surface area (Å²) >= 11 is 1.81. The second kappa shape index (κ2) is 7.85. The van der Waals surface area contributed by atoms with Gasteiger partial charge in [-0.2, -0.15) is 0 Å². The average molecular weight is 275 g/mol. The third-order valence-corrected chi connectivity index (χ3v) is 3.84. The van der Waals surface area contributed by atoms with Gasteiger partial charge in [-0.3, -0.25) is 0 Å². The van der Waals surface area contributed by atoms with Crippen LogP contribution in [0.2, 0.25) is 0 Å². The standard InChI is InChI=1S/C16H21NOS/c1-2-3-12-18-15-8-6-14(7-9-15)17-11-10-16-5-4-13-19-16/h4-9,13,17H,2-3,10-12H2,1H3. The molecular formula is C16H21NOS. The van der Waals surface area contributed by atoms with Crippen LogP contribution in [0.25, 0.3) is 0 Å². The Hall–Kier alpha value is -1.48. The summed E-state index contributed by atoms with van der Waals surface area (Å²) in [4.78, 5) is 1.42. The highest BCUT2D eigenvalue weighted by Gasteiger charge is 1.96. The molecule has 1 N–H and O–H groups in total. The Morgan fingerprint density at radius 3 is 2.68 bits per heavy atom. The molecule has 0 aliphatic carbocycles. The van der Waals surface area contributed by atoms with Crippen LogP contribution >= 0.6 is 11.3 Å². The molecular weight excluding hydrogens is 254 g/mol. The first kappa shape index (κ1) is 13.9. The summed E-state index contributed by atoms with van der Waals surface area (Å²) in [5, 5.41) is 5.55. The molecule has 1 aromatic carbocycles. The highest BCUT2D eigenvalue weighted by molar-refractivity contribution is 7.09. The zero-order chi connectivity index (χ0) is 13.3. The molecule has 0 aliphatic heterocycles. The molecule has 19 heavy (non-hydrogen) atoms. The van der Waals surface area contributed by atoms with Crippen LogP contribution < -0.4 is 10.1 Å². The quantitative estimate of drug-likeness (QED) is 0.712. The highest BCUT2D eigenvalue weighted by atomic mass is 32.1. The minimum Gasteiger partial charge on any atom is -0.494 e. The van der Waals surface area contributed by atoms with Gasteiger partial charge in [0.05, 0.1) is 6.61 Å². The summed E-state index contributed by atoms with van der Waals surface area (Å²) in [7, 11) is 0. The SMILES string of the molecule is CCCCOc1ccc(NCCc2cccs2)cc1. The van der Waals surface area contributed by atoms with Gasteiger partial charge in [0, 0.05) is 17.1 Å². The minimum absolute atomic E-state index is 0.807. The van der Waals surface area contributed by atoms with Crippen molar-refractivity contribution in [3.05, 3.63) is 46.7 Å². The van der Waals surface area contributed by atoms with Gasteiger partial charge in [-0.05, 0) is 48.6 Å². The van der Waals surface area contributed by atoms with Crippen LogP contribution in [-0.4, -0.2) is 13.2 Å². The average Bonchev–Trinajstić information content (AvgIpc) is 2.94. The lowest BCUT2D eigenvalue weighted by atomic mass is 10.3. The van der Waals surface area contributed by atoms with Crippen molar-refractivity contribution < 1.29 is 4.74 Å². The van der Waals surface area contributed by atoms with Crippen LogP contribution in [0.1, 0.15) is 24.6 Å². The van der Waals surface area contributed by atoms with Gasteiger partial charge in [0.2, 0.25) is 0 Å². The molecule has 0 saturated carbocycles. The van der Waals surface area contributed by atoms with Gasteiger partial charge in [-0.15, -0.1) is 11.3 Å². The Balaban J connectivity index is 1.72. The molecule has 2 aromatic rings. The van der Waals surface area contributed by atoms with Gasteiger partial charge >= 0.3 is 0 Å². The first-order chi connectivity index (χ1) is 9.38. The van der Waals surface area contributed by atoms with Gasteiger partial charge in [0.25, 0.3) is 0 Å². The van der Waals surface area contributed by atoms with E-state index in [0.717, 1.165) is 37.4 Å². The van der Waals surface area contributed by atoms with Gasteiger partial charge in [-0.25, -0.2) is 0 Å². The number of benzene rings is 1. The smallest absolute Gasteiger partial charge is 0.119 e. The van der Waals surface area contributed by atoms with Crippen molar-refractivity contribution >= 4 is 17.0 Å². The lowest BCUT2D eigenvalue weighted by Gasteiger charge is -2.08. The summed E-state index contributed by atoms with van der Waals surface area (Å²) in [6.07, 6.45) is 3.36. The number of anilines is 1. The van der Waals surface area contributed by atoms with Crippen molar-refractivity contribution in [2.45, 2.75) is 26.2 Å². The number of nitrogens with one attached hydrogen (secondary N) is 1. The molecule has 0 atom stereocenters. The molecule has 2 rings (SSSR count). The third kappa shape index (κ3) is 4.95. The van der Waals surface area contributed by atoms with Crippen molar-refractivity contribution in [3.8, 4) is 5.75 Å². The summed E-state index contributed by atoms with van der Waals surface area (Å²) < 4.78 is 5.64. The lowest BCUT2D eigenvalue weighted by Crippen LogP contribution is -2.03. The van der Waals surface area contributed by atoms with Crippen LogP contribution in [-0.2, 0) is 6.42 Å². The van der Waals surface area contributed by atoms with Gasteiger partial charge in [0.15, 0.2) is 0 Å². The van der Waals surface area contributed by atoms with Crippen LogP contribution in [0.15, 0.2) is 41.8 Å². The summed E-state index contributed by atoms with van der Waals surface area (Å²) in [5.41, 5.74) is 1.15. The molecule has 0 fully saturated rings. The summed E-state index contributed by atoms with van der Waals surface area (Å²) in [6.45, 7) is 3.95.